The number of halogens is 1. The number of fused-ring (bicyclic) bond motifs is 1. The molecule has 1 aliphatic heterocycles. The molecular formula is C36H33FN4O4. The zero-order valence-corrected chi connectivity index (χ0v) is 24.6. The van der Waals surface area contributed by atoms with Gasteiger partial charge in [-0.15, -0.1) is 0 Å². The highest BCUT2D eigenvalue weighted by atomic mass is 19.1. The topological polar surface area (TPSA) is 104 Å². The molecule has 1 unspecified atom stereocenters. The number of para-hydroxylation sites is 1. The average Bonchev–Trinajstić information content (AvgIpc) is 3.06. The molecule has 1 saturated heterocycles. The average molecular weight is 605 g/mol. The molecule has 1 fully saturated rings. The van der Waals surface area contributed by atoms with Crippen molar-refractivity contribution in [1.82, 2.24) is 19.8 Å². The number of amides is 1. The normalized spacial score (nSPS) is 14.7. The lowest BCUT2D eigenvalue weighted by molar-refractivity contribution is 0.0907. The standard InChI is InChI=1S/C36H33FN4O4/c37-28-16-14-26(15-17-28)33(42)22-32(41-35(44)30-8-4-5-9-31(30)39-36(41)45)25-10-12-27(13-11-25)34(43)38-29-18-20-40(21-19-29)23-24-6-2-1-3-7-24/h1-17,29,32H,18-23H2,(H,38,43)(H,39,45). The van der Waals surface area contributed by atoms with Crippen LogP contribution in [0.2, 0.25) is 0 Å². The van der Waals surface area contributed by atoms with Gasteiger partial charge in [0, 0.05) is 43.2 Å². The molecule has 6 rings (SSSR count). The molecule has 0 bridgehead atoms. The van der Waals surface area contributed by atoms with Gasteiger partial charge in [0.1, 0.15) is 5.82 Å². The maximum Gasteiger partial charge on any atom is 0.329 e. The number of nitrogens with one attached hydrogen (secondary N) is 2. The van der Waals surface area contributed by atoms with E-state index in [0.29, 0.717) is 22.0 Å². The van der Waals surface area contributed by atoms with E-state index in [1.54, 1.807) is 48.5 Å². The summed E-state index contributed by atoms with van der Waals surface area (Å²) in [6.07, 6.45) is 1.47. The van der Waals surface area contributed by atoms with E-state index in [4.69, 9.17) is 0 Å². The van der Waals surface area contributed by atoms with Crippen LogP contribution in [-0.2, 0) is 6.54 Å². The molecular weight excluding hydrogens is 571 g/mol. The van der Waals surface area contributed by atoms with E-state index in [9.17, 15) is 23.6 Å². The van der Waals surface area contributed by atoms with E-state index in [0.717, 1.165) is 37.0 Å². The molecule has 1 atom stereocenters. The fraction of sp³-hybridized carbons (Fsp3) is 0.222. The van der Waals surface area contributed by atoms with Crippen molar-refractivity contribution in [2.45, 2.75) is 37.9 Å². The Labute approximate surface area is 259 Å². The lowest BCUT2D eigenvalue weighted by Crippen LogP contribution is -2.44. The predicted molar refractivity (Wildman–Crippen MR) is 171 cm³/mol. The number of benzene rings is 4. The minimum absolute atomic E-state index is 0.0556. The minimum Gasteiger partial charge on any atom is -0.349 e. The zero-order valence-electron chi connectivity index (χ0n) is 24.6. The highest BCUT2D eigenvalue weighted by molar-refractivity contribution is 5.97. The Morgan fingerprint density at radius 1 is 0.822 bits per heavy atom. The van der Waals surface area contributed by atoms with Crippen LogP contribution in [0, 0.1) is 5.82 Å². The van der Waals surface area contributed by atoms with E-state index < -0.39 is 23.1 Å². The lowest BCUT2D eigenvalue weighted by Gasteiger charge is -2.32. The lowest BCUT2D eigenvalue weighted by atomic mass is 9.96. The third-order valence-electron chi connectivity index (χ3n) is 8.42. The van der Waals surface area contributed by atoms with Crippen LogP contribution < -0.4 is 16.6 Å². The molecule has 0 aliphatic carbocycles. The zero-order chi connectivity index (χ0) is 31.3. The summed E-state index contributed by atoms with van der Waals surface area (Å²) in [6, 6.07) is 27.8. The number of H-pyrrole nitrogens is 1. The van der Waals surface area contributed by atoms with Crippen LogP contribution in [0.5, 0.6) is 0 Å². The van der Waals surface area contributed by atoms with Gasteiger partial charge in [0.05, 0.1) is 16.9 Å². The van der Waals surface area contributed by atoms with Gasteiger partial charge >= 0.3 is 5.69 Å². The Hall–Kier alpha value is -5.15. The van der Waals surface area contributed by atoms with Crippen LogP contribution in [0.1, 0.15) is 57.1 Å². The van der Waals surface area contributed by atoms with Gasteiger partial charge in [0.2, 0.25) is 0 Å². The third kappa shape index (κ3) is 6.84. The summed E-state index contributed by atoms with van der Waals surface area (Å²) in [7, 11) is 0. The second-order valence-electron chi connectivity index (χ2n) is 11.4. The molecule has 0 saturated carbocycles. The van der Waals surface area contributed by atoms with Crippen LogP contribution in [0.3, 0.4) is 0 Å². The Bertz CT molecular complexity index is 1930. The predicted octanol–water partition coefficient (Wildman–Crippen LogP) is 5.09. The Morgan fingerprint density at radius 3 is 2.18 bits per heavy atom. The number of carbonyl (C=O) groups is 2. The van der Waals surface area contributed by atoms with Crippen molar-refractivity contribution in [1.29, 1.82) is 0 Å². The number of hydrogen-bond donors (Lipinski definition) is 2. The van der Waals surface area contributed by atoms with E-state index in [-0.39, 0.29) is 29.7 Å². The van der Waals surface area contributed by atoms with Crippen molar-refractivity contribution in [2.24, 2.45) is 0 Å². The van der Waals surface area contributed by atoms with Crippen molar-refractivity contribution in [3.05, 3.63) is 152 Å². The second kappa shape index (κ2) is 13.2. The summed E-state index contributed by atoms with van der Waals surface area (Å²) in [5, 5.41) is 3.44. The van der Waals surface area contributed by atoms with Crippen LogP contribution in [-0.4, -0.2) is 45.3 Å². The molecule has 9 heteroatoms. The molecule has 4 aromatic carbocycles. The molecule has 0 radical (unpaired) electrons. The number of piperidine rings is 1. The molecule has 5 aromatic rings. The summed E-state index contributed by atoms with van der Waals surface area (Å²) < 4.78 is 14.6. The van der Waals surface area contributed by atoms with Crippen molar-refractivity contribution in [2.75, 3.05) is 13.1 Å². The van der Waals surface area contributed by atoms with Gasteiger partial charge in [-0.2, -0.15) is 0 Å². The largest absolute Gasteiger partial charge is 0.349 e. The SMILES string of the molecule is O=C(CC(c1ccc(C(=O)NC2CCN(Cc3ccccc3)CC2)cc1)n1c(=O)[nH]c2ccccc2c1=O)c1ccc(F)cc1. The van der Waals surface area contributed by atoms with E-state index in [2.05, 4.69) is 27.3 Å². The van der Waals surface area contributed by atoms with Crippen molar-refractivity contribution >= 4 is 22.6 Å². The van der Waals surface area contributed by atoms with E-state index in [1.807, 2.05) is 18.2 Å². The van der Waals surface area contributed by atoms with Gasteiger partial charge in [-0.05, 0) is 72.5 Å². The molecule has 2 heterocycles. The number of Topliss-reactive ketones (excluding diaryl/α,β-unsaturated/α-hetero) is 1. The summed E-state index contributed by atoms with van der Waals surface area (Å²) >= 11 is 0. The number of hydrogen-bond acceptors (Lipinski definition) is 5. The molecule has 0 spiro atoms. The highest BCUT2D eigenvalue weighted by Gasteiger charge is 2.25. The van der Waals surface area contributed by atoms with Crippen molar-refractivity contribution in [3.63, 3.8) is 0 Å². The maximum atomic E-state index is 13.6. The highest BCUT2D eigenvalue weighted by Crippen LogP contribution is 2.24. The first kappa shape index (κ1) is 29.9. The number of nitrogens with zero attached hydrogens (tertiary/aromatic N) is 2. The molecule has 8 nitrogen and oxygen atoms in total. The van der Waals surface area contributed by atoms with Crippen molar-refractivity contribution < 1.29 is 14.0 Å². The number of likely N-dealkylation sites (tertiary alicyclic amines) is 1. The number of rotatable bonds is 9. The maximum absolute atomic E-state index is 13.6. The second-order valence-corrected chi connectivity index (χ2v) is 11.4. The smallest absolute Gasteiger partial charge is 0.329 e. The van der Waals surface area contributed by atoms with Gasteiger partial charge in [-0.25, -0.2) is 9.18 Å². The van der Waals surface area contributed by atoms with Crippen LogP contribution in [0.15, 0.2) is 113 Å². The summed E-state index contributed by atoms with van der Waals surface area (Å²) in [5.41, 5.74) is 1.68. The summed E-state index contributed by atoms with van der Waals surface area (Å²) in [5.74, 6) is -1.04. The molecule has 228 valence electrons. The summed E-state index contributed by atoms with van der Waals surface area (Å²) in [6.45, 7) is 2.66. The van der Waals surface area contributed by atoms with Crippen molar-refractivity contribution in [3.8, 4) is 0 Å². The van der Waals surface area contributed by atoms with E-state index >= 15 is 0 Å². The minimum atomic E-state index is -0.963. The first-order valence-electron chi connectivity index (χ1n) is 15.0. The van der Waals surface area contributed by atoms with Gasteiger partial charge < -0.3 is 10.3 Å². The third-order valence-corrected chi connectivity index (χ3v) is 8.42. The van der Waals surface area contributed by atoms with Gasteiger partial charge in [-0.1, -0.05) is 54.6 Å². The van der Waals surface area contributed by atoms with Crippen LogP contribution >= 0.6 is 0 Å². The number of carbonyl (C=O) groups excluding carboxylic acids is 2. The molecule has 1 aliphatic rings. The number of aromatic nitrogens is 2. The van der Waals surface area contributed by atoms with Gasteiger partial charge in [0.15, 0.2) is 5.78 Å². The summed E-state index contributed by atoms with van der Waals surface area (Å²) in [4.78, 5) is 58.4. The quantitative estimate of drug-likeness (QED) is 0.228. The Balaban J connectivity index is 1.21. The first-order chi connectivity index (χ1) is 21.9. The molecule has 45 heavy (non-hydrogen) atoms. The fourth-order valence-corrected chi connectivity index (χ4v) is 5.95. The fourth-order valence-electron chi connectivity index (χ4n) is 5.95. The molecule has 1 amide bonds. The molecule has 2 N–H and O–H groups in total. The van der Waals surface area contributed by atoms with Crippen LogP contribution in [0.25, 0.3) is 10.9 Å². The Morgan fingerprint density at radius 2 is 1.47 bits per heavy atom. The van der Waals surface area contributed by atoms with E-state index in [1.165, 1.54) is 29.8 Å². The first-order valence-corrected chi connectivity index (χ1v) is 15.0. The monoisotopic (exact) mass is 604 g/mol. The Kier molecular flexibility index (Phi) is 8.79. The van der Waals surface area contributed by atoms with Gasteiger partial charge in [0.25, 0.3) is 11.5 Å². The molecule has 1 aromatic heterocycles. The number of aromatic amines is 1. The van der Waals surface area contributed by atoms with Gasteiger partial charge in [-0.3, -0.25) is 23.9 Å². The number of ketones is 1. The van der Waals surface area contributed by atoms with Crippen LogP contribution in [0.4, 0.5) is 4.39 Å².